The molecule has 4 nitrogen and oxygen atoms in total. The van der Waals surface area contributed by atoms with Crippen LogP contribution in [0.5, 0.6) is 0 Å². The van der Waals surface area contributed by atoms with Crippen molar-refractivity contribution < 1.29 is 13.6 Å². The minimum absolute atomic E-state index is 0.0384. The standard InChI is InChI=1S/C14H19F2N3O/c1-18(9-11-2-3-12(15)8-13(11)16)10-14(20)19-6-4-17-5-7-19/h2-3,8,17H,4-7,9-10H2,1H3. The average molecular weight is 283 g/mol. The molecule has 6 heteroatoms. The molecule has 0 aromatic heterocycles. The molecule has 0 aliphatic carbocycles. The van der Waals surface area contributed by atoms with Gasteiger partial charge < -0.3 is 10.2 Å². The normalized spacial score (nSPS) is 15.7. The van der Waals surface area contributed by atoms with Crippen LogP contribution < -0.4 is 5.32 Å². The van der Waals surface area contributed by atoms with Crippen molar-refractivity contribution in [3.8, 4) is 0 Å². The van der Waals surface area contributed by atoms with Gasteiger partial charge in [0.25, 0.3) is 0 Å². The highest BCUT2D eigenvalue weighted by molar-refractivity contribution is 5.78. The van der Waals surface area contributed by atoms with Gasteiger partial charge in [-0.1, -0.05) is 6.07 Å². The van der Waals surface area contributed by atoms with Crippen molar-refractivity contribution in [3.05, 3.63) is 35.4 Å². The molecule has 20 heavy (non-hydrogen) atoms. The lowest BCUT2D eigenvalue weighted by molar-refractivity contribution is -0.132. The van der Waals surface area contributed by atoms with Gasteiger partial charge in [0.15, 0.2) is 0 Å². The van der Waals surface area contributed by atoms with Gasteiger partial charge in [-0.2, -0.15) is 0 Å². The number of piperazine rings is 1. The molecule has 1 amide bonds. The van der Waals surface area contributed by atoms with Gasteiger partial charge in [-0.3, -0.25) is 9.69 Å². The Morgan fingerprint density at radius 2 is 2.05 bits per heavy atom. The number of likely N-dealkylation sites (N-methyl/N-ethyl adjacent to an activating group) is 1. The van der Waals surface area contributed by atoms with Gasteiger partial charge in [-0.15, -0.1) is 0 Å². The average Bonchev–Trinajstić information content (AvgIpc) is 2.43. The molecule has 0 saturated carbocycles. The molecule has 1 aliphatic heterocycles. The predicted molar refractivity (Wildman–Crippen MR) is 72.1 cm³/mol. The van der Waals surface area contributed by atoms with Gasteiger partial charge in [0.2, 0.25) is 5.91 Å². The Balaban J connectivity index is 1.88. The Hall–Kier alpha value is -1.53. The van der Waals surface area contributed by atoms with Gasteiger partial charge in [0.1, 0.15) is 11.6 Å². The third kappa shape index (κ3) is 3.98. The summed E-state index contributed by atoms with van der Waals surface area (Å²) >= 11 is 0. The number of hydrogen-bond donors (Lipinski definition) is 1. The molecule has 0 atom stereocenters. The van der Waals surface area contributed by atoms with Gasteiger partial charge in [-0.25, -0.2) is 8.78 Å². The lowest BCUT2D eigenvalue weighted by Gasteiger charge is -2.29. The maximum absolute atomic E-state index is 13.5. The molecular formula is C14H19F2N3O. The minimum Gasteiger partial charge on any atom is -0.339 e. The summed E-state index contributed by atoms with van der Waals surface area (Å²) in [5.74, 6) is -1.13. The van der Waals surface area contributed by atoms with Gasteiger partial charge in [-0.05, 0) is 13.1 Å². The molecule has 1 aromatic rings. The quantitative estimate of drug-likeness (QED) is 0.889. The predicted octanol–water partition coefficient (Wildman–Crippen LogP) is 0.828. The zero-order chi connectivity index (χ0) is 14.5. The molecule has 1 fully saturated rings. The summed E-state index contributed by atoms with van der Waals surface area (Å²) in [7, 11) is 1.75. The maximum atomic E-state index is 13.5. The Morgan fingerprint density at radius 3 is 2.70 bits per heavy atom. The summed E-state index contributed by atoms with van der Waals surface area (Å²) in [6.45, 7) is 3.54. The number of benzene rings is 1. The third-order valence-corrected chi connectivity index (χ3v) is 3.33. The molecule has 0 unspecified atom stereocenters. The summed E-state index contributed by atoms with van der Waals surface area (Å²) in [5, 5.41) is 3.18. The highest BCUT2D eigenvalue weighted by Gasteiger charge is 2.18. The van der Waals surface area contributed by atoms with E-state index in [-0.39, 0.29) is 19.0 Å². The molecule has 1 saturated heterocycles. The first-order valence-electron chi connectivity index (χ1n) is 6.67. The fourth-order valence-corrected chi connectivity index (χ4v) is 2.24. The van der Waals surface area contributed by atoms with Crippen LogP contribution in [0.25, 0.3) is 0 Å². The van der Waals surface area contributed by atoms with E-state index in [0.29, 0.717) is 18.7 Å². The highest BCUT2D eigenvalue weighted by Crippen LogP contribution is 2.11. The number of amides is 1. The third-order valence-electron chi connectivity index (χ3n) is 3.33. The highest BCUT2D eigenvalue weighted by atomic mass is 19.1. The van der Waals surface area contributed by atoms with Gasteiger partial charge in [0.05, 0.1) is 6.54 Å². The van der Waals surface area contributed by atoms with E-state index in [1.54, 1.807) is 16.8 Å². The monoisotopic (exact) mass is 283 g/mol. The molecule has 1 heterocycles. The number of rotatable bonds is 4. The molecule has 2 rings (SSSR count). The second kappa shape index (κ2) is 6.76. The van der Waals surface area contributed by atoms with Crippen molar-refractivity contribution in [2.75, 3.05) is 39.8 Å². The van der Waals surface area contributed by atoms with Crippen LogP contribution in [0.1, 0.15) is 5.56 Å². The molecular weight excluding hydrogens is 264 g/mol. The van der Waals surface area contributed by atoms with Crippen molar-refractivity contribution in [2.24, 2.45) is 0 Å². The van der Waals surface area contributed by atoms with E-state index in [9.17, 15) is 13.6 Å². The number of carbonyl (C=O) groups is 1. The minimum atomic E-state index is -0.592. The van der Waals surface area contributed by atoms with Crippen molar-refractivity contribution in [3.63, 3.8) is 0 Å². The van der Waals surface area contributed by atoms with Crippen LogP contribution in [0, 0.1) is 11.6 Å². The number of halogens is 2. The van der Waals surface area contributed by atoms with E-state index in [0.717, 1.165) is 19.2 Å². The van der Waals surface area contributed by atoms with E-state index in [1.165, 1.54) is 12.1 Å². The summed E-state index contributed by atoms with van der Waals surface area (Å²) in [5.41, 5.74) is 0.391. The van der Waals surface area contributed by atoms with Gasteiger partial charge in [0, 0.05) is 44.4 Å². The molecule has 0 radical (unpaired) electrons. The largest absolute Gasteiger partial charge is 0.339 e. The lowest BCUT2D eigenvalue weighted by atomic mass is 10.2. The molecule has 1 aromatic carbocycles. The summed E-state index contributed by atoms with van der Waals surface area (Å²) in [4.78, 5) is 15.6. The van der Waals surface area contributed by atoms with Crippen LogP contribution in [0.2, 0.25) is 0 Å². The molecule has 1 N–H and O–H groups in total. The summed E-state index contributed by atoms with van der Waals surface area (Å²) in [6, 6.07) is 3.50. The smallest absolute Gasteiger partial charge is 0.236 e. The van der Waals surface area contributed by atoms with Crippen LogP contribution in [0.4, 0.5) is 8.78 Å². The Labute approximate surface area is 117 Å². The number of hydrogen-bond acceptors (Lipinski definition) is 3. The van der Waals surface area contributed by atoms with E-state index in [2.05, 4.69) is 5.32 Å². The van der Waals surface area contributed by atoms with Crippen molar-refractivity contribution in [2.45, 2.75) is 6.54 Å². The maximum Gasteiger partial charge on any atom is 0.236 e. The fraction of sp³-hybridized carbons (Fsp3) is 0.500. The number of nitrogens with zero attached hydrogens (tertiary/aromatic N) is 2. The summed E-state index contributed by atoms with van der Waals surface area (Å²) in [6.07, 6.45) is 0. The molecule has 0 spiro atoms. The summed E-state index contributed by atoms with van der Waals surface area (Å²) < 4.78 is 26.4. The van der Waals surface area contributed by atoms with Crippen LogP contribution in [-0.2, 0) is 11.3 Å². The van der Waals surface area contributed by atoms with E-state index in [1.807, 2.05) is 0 Å². The Kier molecular flexibility index (Phi) is 5.03. The van der Waals surface area contributed by atoms with Crippen molar-refractivity contribution in [1.82, 2.24) is 15.1 Å². The van der Waals surface area contributed by atoms with E-state index < -0.39 is 11.6 Å². The first-order valence-corrected chi connectivity index (χ1v) is 6.67. The van der Waals surface area contributed by atoms with Crippen LogP contribution >= 0.6 is 0 Å². The molecule has 1 aliphatic rings. The Bertz CT molecular complexity index is 475. The van der Waals surface area contributed by atoms with Crippen LogP contribution in [-0.4, -0.2) is 55.5 Å². The molecule has 0 bridgehead atoms. The number of nitrogens with one attached hydrogen (secondary N) is 1. The van der Waals surface area contributed by atoms with E-state index in [4.69, 9.17) is 0 Å². The first kappa shape index (κ1) is 14.9. The van der Waals surface area contributed by atoms with Crippen LogP contribution in [0.15, 0.2) is 18.2 Å². The first-order chi connectivity index (χ1) is 9.56. The van der Waals surface area contributed by atoms with E-state index >= 15 is 0 Å². The molecule has 110 valence electrons. The second-order valence-corrected chi connectivity index (χ2v) is 5.04. The van der Waals surface area contributed by atoms with Crippen LogP contribution in [0.3, 0.4) is 0 Å². The fourth-order valence-electron chi connectivity index (χ4n) is 2.24. The topological polar surface area (TPSA) is 35.6 Å². The van der Waals surface area contributed by atoms with Crippen molar-refractivity contribution >= 4 is 5.91 Å². The lowest BCUT2D eigenvalue weighted by Crippen LogP contribution is -2.49. The zero-order valence-electron chi connectivity index (χ0n) is 11.5. The van der Waals surface area contributed by atoms with Gasteiger partial charge >= 0.3 is 0 Å². The zero-order valence-corrected chi connectivity index (χ0v) is 11.5. The second-order valence-electron chi connectivity index (χ2n) is 5.04. The Morgan fingerprint density at radius 1 is 1.35 bits per heavy atom. The van der Waals surface area contributed by atoms with Crippen molar-refractivity contribution in [1.29, 1.82) is 0 Å². The SMILES string of the molecule is CN(CC(=O)N1CCNCC1)Cc1ccc(F)cc1F. The number of carbonyl (C=O) groups excluding carboxylic acids is 1.